The molecule has 0 spiro atoms. The molecule has 2 aromatic heterocycles. The Bertz CT molecular complexity index is 3440. The van der Waals surface area contributed by atoms with E-state index >= 15 is 0 Å². The number of rotatable bonds is 6. The minimum atomic E-state index is 0.869. The summed E-state index contributed by atoms with van der Waals surface area (Å²) in [6.45, 7) is 0. The van der Waals surface area contributed by atoms with E-state index in [0.29, 0.717) is 0 Å². The number of aryl methyl sites for hydroxylation is 1. The van der Waals surface area contributed by atoms with Crippen molar-refractivity contribution in [2.45, 2.75) is 12.8 Å². The molecular weight excluding hydrogens is 735 g/mol. The van der Waals surface area contributed by atoms with Crippen LogP contribution in [0, 0.1) is 0 Å². The summed E-state index contributed by atoms with van der Waals surface area (Å²) in [7, 11) is 0. The van der Waals surface area contributed by atoms with Crippen LogP contribution in [0.2, 0.25) is 0 Å². The van der Waals surface area contributed by atoms with Crippen LogP contribution in [0.15, 0.2) is 205 Å². The van der Waals surface area contributed by atoms with Gasteiger partial charge in [0, 0.05) is 43.7 Å². The van der Waals surface area contributed by atoms with Gasteiger partial charge in [0.1, 0.15) is 11.2 Å². The van der Waals surface area contributed by atoms with E-state index in [-0.39, 0.29) is 0 Å². The first kappa shape index (κ1) is 33.9. The molecule has 1 aliphatic carbocycles. The Balaban J connectivity index is 0.985. The Morgan fingerprint density at radius 2 is 1.15 bits per heavy atom. The molecule has 0 radical (unpaired) electrons. The van der Waals surface area contributed by atoms with Gasteiger partial charge in [0.15, 0.2) is 0 Å². The molecule has 0 saturated carbocycles. The summed E-state index contributed by atoms with van der Waals surface area (Å²) in [5.74, 6) is 0. The van der Waals surface area contributed by atoms with Gasteiger partial charge in [0.05, 0.1) is 10.4 Å². The first-order valence-electron chi connectivity index (χ1n) is 20.4. The molecule has 0 amide bonds. The normalized spacial score (nSPS) is 12.7. The third kappa shape index (κ3) is 5.69. The second-order valence-electron chi connectivity index (χ2n) is 15.5. The zero-order valence-corrected chi connectivity index (χ0v) is 33.0. The number of furan rings is 1. The lowest BCUT2D eigenvalue weighted by Gasteiger charge is -2.26. The van der Waals surface area contributed by atoms with Crippen LogP contribution in [0.5, 0.6) is 0 Å². The summed E-state index contributed by atoms with van der Waals surface area (Å²) in [5, 5.41) is 7.24. The van der Waals surface area contributed by atoms with Gasteiger partial charge in [-0.15, -0.1) is 11.3 Å². The Morgan fingerprint density at radius 3 is 2.07 bits per heavy atom. The maximum atomic E-state index is 6.82. The van der Waals surface area contributed by atoms with Crippen LogP contribution in [-0.2, 0) is 6.42 Å². The van der Waals surface area contributed by atoms with Gasteiger partial charge in [-0.05, 0) is 123 Å². The van der Waals surface area contributed by atoms with Crippen molar-refractivity contribution in [3.63, 3.8) is 0 Å². The number of anilines is 3. The van der Waals surface area contributed by atoms with Gasteiger partial charge in [-0.3, -0.25) is 0 Å². The van der Waals surface area contributed by atoms with Crippen molar-refractivity contribution < 1.29 is 4.42 Å². The smallest absolute Gasteiger partial charge is 0.137 e. The molecule has 2 nitrogen and oxygen atoms in total. The fraction of sp³-hybridized carbons (Fsp3) is 0.0357. The van der Waals surface area contributed by atoms with Gasteiger partial charge in [0.2, 0.25) is 0 Å². The Kier molecular flexibility index (Phi) is 7.89. The Morgan fingerprint density at radius 1 is 0.441 bits per heavy atom. The first-order chi connectivity index (χ1) is 29.2. The lowest BCUT2D eigenvalue weighted by molar-refractivity contribution is 0.669. The minimum absolute atomic E-state index is 0.869. The zero-order valence-electron chi connectivity index (χ0n) is 32.2. The number of benzene rings is 9. The molecular formula is C56H37NOS. The molecule has 12 rings (SSSR count). The van der Waals surface area contributed by atoms with E-state index in [9.17, 15) is 0 Å². The fourth-order valence-corrected chi connectivity index (χ4v) is 10.5. The molecule has 0 N–H and O–H groups in total. The summed E-state index contributed by atoms with van der Waals surface area (Å²) in [4.78, 5) is 2.41. The molecule has 9 aromatic carbocycles. The Hall–Kier alpha value is -7.20. The van der Waals surface area contributed by atoms with Crippen LogP contribution < -0.4 is 4.90 Å². The van der Waals surface area contributed by atoms with Crippen LogP contribution in [0.4, 0.5) is 17.1 Å². The summed E-state index contributed by atoms with van der Waals surface area (Å²) in [6, 6.07) is 70.7. The van der Waals surface area contributed by atoms with Crippen molar-refractivity contribution in [3.8, 4) is 22.3 Å². The largest absolute Gasteiger partial charge is 0.456 e. The SMILES string of the molecule is C1=C(c2ccc(N(c3ccc4c(c3)oc3cc(-c5cccc6ccc(-c7ccccc7)cc56)ccc34)c3cccc4c3sc3ccccc34)cc2)c2ccccc2CC1. The number of hydrogen-bond acceptors (Lipinski definition) is 3. The lowest BCUT2D eigenvalue weighted by Crippen LogP contribution is -2.10. The highest BCUT2D eigenvalue weighted by atomic mass is 32.1. The summed E-state index contributed by atoms with van der Waals surface area (Å²) in [6.07, 6.45) is 4.55. The Labute approximate surface area is 346 Å². The van der Waals surface area contributed by atoms with E-state index < -0.39 is 0 Å². The van der Waals surface area contributed by atoms with Crippen LogP contribution >= 0.6 is 11.3 Å². The van der Waals surface area contributed by atoms with Crippen molar-refractivity contribution >= 4 is 86.9 Å². The van der Waals surface area contributed by atoms with Gasteiger partial charge in [-0.2, -0.15) is 0 Å². The van der Waals surface area contributed by atoms with Crippen molar-refractivity contribution in [2.24, 2.45) is 0 Å². The van der Waals surface area contributed by atoms with Crippen molar-refractivity contribution in [1.29, 1.82) is 0 Å². The number of thiophene rings is 1. The third-order valence-electron chi connectivity index (χ3n) is 12.1. The zero-order chi connectivity index (χ0) is 38.9. The number of fused-ring (bicyclic) bond motifs is 8. The predicted octanol–water partition coefficient (Wildman–Crippen LogP) is 16.3. The average Bonchev–Trinajstić information content (AvgIpc) is 3.87. The van der Waals surface area contributed by atoms with Gasteiger partial charge < -0.3 is 9.32 Å². The summed E-state index contributed by atoms with van der Waals surface area (Å²) in [5.41, 5.74) is 15.2. The van der Waals surface area contributed by atoms with E-state index in [2.05, 4.69) is 205 Å². The van der Waals surface area contributed by atoms with E-state index in [1.54, 1.807) is 0 Å². The molecule has 278 valence electrons. The molecule has 0 saturated heterocycles. The molecule has 1 aliphatic rings. The van der Waals surface area contributed by atoms with E-state index in [4.69, 9.17) is 4.42 Å². The molecule has 0 unspecified atom stereocenters. The van der Waals surface area contributed by atoms with Crippen molar-refractivity contribution in [2.75, 3.05) is 4.90 Å². The average molecular weight is 772 g/mol. The summed E-state index contributed by atoms with van der Waals surface area (Å²) >= 11 is 1.86. The second-order valence-corrected chi connectivity index (χ2v) is 16.6. The van der Waals surface area contributed by atoms with Crippen LogP contribution in [0.25, 0.3) is 80.7 Å². The highest BCUT2D eigenvalue weighted by molar-refractivity contribution is 7.26. The topological polar surface area (TPSA) is 16.4 Å². The fourth-order valence-electron chi connectivity index (χ4n) is 9.29. The standard InChI is InChI=1S/C56H37NOS/c1-2-11-36(12-3-1)40-24-23-38-15-9-19-46(51(38)33-40)41-27-31-47-48-32-30-43(35-54(48)58-53(47)34-41)57(52-21-10-20-50-49-17-6-7-22-55(49)59-56(50)52)42-28-25-39(26-29-42)45-18-8-14-37-13-4-5-16-44(37)45/h1-7,9-13,15-35H,8,14H2. The molecule has 0 fully saturated rings. The second kappa shape index (κ2) is 13.7. The van der Waals surface area contributed by atoms with Gasteiger partial charge in [-0.1, -0.05) is 140 Å². The summed E-state index contributed by atoms with van der Waals surface area (Å²) < 4.78 is 9.37. The van der Waals surface area contributed by atoms with Gasteiger partial charge in [0.25, 0.3) is 0 Å². The third-order valence-corrected chi connectivity index (χ3v) is 13.4. The molecule has 0 bridgehead atoms. The highest BCUT2D eigenvalue weighted by Gasteiger charge is 2.21. The lowest BCUT2D eigenvalue weighted by atomic mass is 9.87. The maximum Gasteiger partial charge on any atom is 0.137 e. The van der Waals surface area contributed by atoms with E-state index in [1.165, 1.54) is 69.9 Å². The van der Waals surface area contributed by atoms with Crippen LogP contribution in [-0.4, -0.2) is 0 Å². The molecule has 3 heteroatoms. The van der Waals surface area contributed by atoms with E-state index in [1.807, 2.05) is 11.3 Å². The monoisotopic (exact) mass is 771 g/mol. The molecule has 11 aromatic rings. The number of hydrogen-bond donors (Lipinski definition) is 0. The number of allylic oxidation sites excluding steroid dienone is 1. The molecule has 59 heavy (non-hydrogen) atoms. The maximum absolute atomic E-state index is 6.82. The van der Waals surface area contributed by atoms with E-state index in [0.717, 1.165) is 57.4 Å². The van der Waals surface area contributed by atoms with Crippen molar-refractivity contribution in [3.05, 3.63) is 217 Å². The van der Waals surface area contributed by atoms with Crippen LogP contribution in [0.1, 0.15) is 23.1 Å². The molecule has 2 heterocycles. The molecule has 0 aliphatic heterocycles. The van der Waals surface area contributed by atoms with Gasteiger partial charge in [-0.25, -0.2) is 0 Å². The van der Waals surface area contributed by atoms with Crippen molar-refractivity contribution in [1.82, 2.24) is 0 Å². The number of nitrogens with zero attached hydrogens (tertiary/aromatic N) is 1. The first-order valence-corrected chi connectivity index (χ1v) is 21.2. The quantitative estimate of drug-likeness (QED) is 0.167. The van der Waals surface area contributed by atoms with Gasteiger partial charge >= 0.3 is 0 Å². The highest BCUT2D eigenvalue weighted by Crippen LogP contribution is 2.46. The predicted molar refractivity (Wildman–Crippen MR) is 252 cm³/mol. The molecule has 0 atom stereocenters. The van der Waals surface area contributed by atoms with Crippen LogP contribution in [0.3, 0.4) is 0 Å². The minimum Gasteiger partial charge on any atom is -0.456 e.